The van der Waals surface area contributed by atoms with E-state index in [0.29, 0.717) is 18.1 Å². The van der Waals surface area contributed by atoms with Crippen molar-refractivity contribution in [2.24, 2.45) is 4.99 Å². The molecular weight excluding hydrogens is 490 g/mol. The molecule has 0 atom stereocenters. The molecule has 2 rings (SSSR count). The minimum Gasteiger partial charge on any atom is -0.356 e. The lowest BCUT2D eigenvalue weighted by Gasteiger charge is -2.15. The lowest BCUT2D eigenvalue weighted by atomic mass is 10.2. The number of rotatable bonds is 8. The number of halogens is 2. The molecule has 0 fully saturated rings. The first kappa shape index (κ1) is 24.2. The highest BCUT2D eigenvalue weighted by molar-refractivity contribution is 14.0. The summed E-state index contributed by atoms with van der Waals surface area (Å²) in [7, 11) is 3.40. The van der Waals surface area contributed by atoms with Crippen LogP contribution in [-0.4, -0.2) is 49.7 Å². The molecule has 1 amide bonds. The van der Waals surface area contributed by atoms with Crippen LogP contribution in [-0.2, 0) is 11.3 Å². The number of nitrogens with zero attached hydrogens (tertiary/aromatic N) is 2. The fourth-order valence-electron chi connectivity index (χ4n) is 2.14. The van der Waals surface area contributed by atoms with E-state index >= 15 is 0 Å². The Hall–Kier alpha value is -1.81. The first-order valence-corrected chi connectivity index (χ1v) is 9.68. The van der Waals surface area contributed by atoms with E-state index in [1.165, 1.54) is 15.9 Å². The van der Waals surface area contributed by atoms with Crippen LogP contribution in [0.15, 0.2) is 64.5 Å². The van der Waals surface area contributed by atoms with E-state index in [0.717, 1.165) is 5.75 Å². The van der Waals surface area contributed by atoms with Crippen molar-refractivity contribution in [2.75, 3.05) is 32.9 Å². The molecule has 0 radical (unpaired) electrons. The van der Waals surface area contributed by atoms with E-state index in [2.05, 4.69) is 27.8 Å². The third kappa shape index (κ3) is 8.92. The molecule has 0 saturated heterocycles. The average Bonchev–Trinajstić information content (AvgIpc) is 2.68. The summed E-state index contributed by atoms with van der Waals surface area (Å²) in [6, 6.07) is 16.7. The fraction of sp³-hybridized carbons (Fsp3) is 0.300. The summed E-state index contributed by atoms with van der Waals surface area (Å²) in [6.07, 6.45) is 0. The molecule has 5 nitrogen and oxygen atoms in total. The van der Waals surface area contributed by atoms with Gasteiger partial charge in [-0.15, -0.1) is 35.7 Å². The number of likely N-dealkylation sites (N-methyl/N-ethyl adjacent to an activating group) is 1. The van der Waals surface area contributed by atoms with Gasteiger partial charge >= 0.3 is 0 Å². The molecule has 0 saturated carbocycles. The maximum absolute atomic E-state index is 13.8. The summed E-state index contributed by atoms with van der Waals surface area (Å²) in [4.78, 5) is 18.9. The van der Waals surface area contributed by atoms with Crippen LogP contribution in [0.2, 0.25) is 0 Å². The Bertz CT molecular complexity index is 759. The molecule has 0 heterocycles. The molecule has 0 aliphatic carbocycles. The number of hydrogen-bond acceptors (Lipinski definition) is 3. The van der Waals surface area contributed by atoms with E-state index in [1.807, 2.05) is 18.2 Å². The minimum atomic E-state index is -0.287. The van der Waals surface area contributed by atoms with E-state index in [4.69, 9.17) is 0 Å². The molecule has 28 heavy (non-hydrogen) atoms. The summed E-state index contributed by atoms with van der Waals surface area (Å²) in [5.41, 5.74) is 0.510. The predicted molar refractivity (Wildman–Crippen MR) is 125 cm³/mol. The van der Waals surface area contributed by atoms with Crippen molar-refractivity contribution in [3.8, 4) is 0 Å². The van der Waals surface area contributed by atoms with Gasteiger partial charge in [0.15, 0.2) is 5.96 Å². The quantitative estimate of drug-likeness (QED) is 0.186. The number of amides is 1. The van der Waals surface area contributed by atoms with Gasteiger partial charge in [-0.3, -0.25) is 4.79 Å². The maximum atomic E-state index is 13.8. The van der Waals surface area contributed by atoms with Gasteiger partial charge in [-0.05, 0) is 18.2 Å². The fourth-order valence-corrected chi connectivity index (χ4v) is 2.93. The molecule has 0 aliphatic heterocycles. The molecule has 0 aromatic heterocycles. The van der Waals surface area contributed by atoms with E-state index in [-0.39, 0.29) is 48.8 Å². The van der Waals surface area contributed by atoms with Crippen molar-refractivity contribution in [3.63, 3.8) is 0 Å². The van der Waals surface area contributed by atoms with Crippen molar-refractivity contribution in [3.05, 3.63) is 66.0 Å². The highest BCUT2D eigenvalue weighted by Gasteiger charge is 2.07. The number of carbonyl (C=O) groups excluding carboxylic acids is 1. The Morgan fingerprint density at radius 1 is 1.07 bits per heavy atom. The van der Waals surface area contributed by atoms with Crippen LogP contribution in [0.4, 0.5) is 4.39 Å². The second-order valence-corrected chi connectivity index (χ2v) is 7.15. The molecule has 0 aliphatic rings. The smallest absolute Gasteiger partial charge is 0.241 e. The van der Waals surface area contributed by atoms with Crippen LogP contribution < -0.4 is 10.6 Å². The second kappa shape index (κ2) is 13.4. The molecule has 0 bridgehead atoms. The summed E-state index contributed by atoms with van der Waals surface area (Å²) in [5.74, 6) is 0.979. The normalized spacial score (nSPS) is 10.8. The molecule has 2 aromatic rings. The van der Waals surface area contributed by atoms with Gasteiger partial charge in [-0.1, -0.05) is 36.4 Å². The molecule has 0 spiro atoms. The first-order valence-electron chi connectivity index (χ1n) is 8.70. The third-order valence-electron chi connectivity index (χ3n) is 3.68. The largest absolute Gasteiger partial charge is 0.356 e. The Morgan fingerprint density at radius 3 is 2.43 bits per heavy atom. The molecule has 2 N–H and O–H groups in total. The molecule has 152 valence electrons. The average molecular weight is 516 g/mol. The Labute approximate surface area is 187 Å². The van der Waals surface area contributed by atoms with E-state index < -0.39 is 0 Å². The van der Waals surface area contributed by atoms with Gasteiger partial charge in [0.25, 0.3) is 0 Å². The van der Waals surface area contributed by atoms with Crippen LogP contribution in [0.3, 0.4) is 0 Å². The van der Waals surface area contributed by atoms with Gasteiger partial charge in [0, 0.05) is 36.9 Å². The van der Waals surface area contributed by atoms with Gasteiger partial charge < -0.3 is 15.5 Å². The SMILES string of the molecule is CN(C)C(=O)CNC(=NCc1ccccc1F)NCCSc1ccccc1.I. The third-order valence-corrected chi connectivity index (χ3v) is 4.69. The standard InChI is InChI=1S/C20H25FN4OS.HI/c1-25(2)19(26)15-24-20(23-14-16-8-6-7-11-18(16)21)22-12-13-27-17-9-4-3-5-10-17;/h3-11H,12-15H2,1-2H3,(H2,22,23,24);1H. The second-order valence-electron chi connectivity index (χ2n) is 5.99. The van der Waals surface area contributed by atoms with Gasteiger partial charge in [0.05, 0.1) is 13.1 Å². The Balaban J connectivity index is 0.00000392. The lowest BCUT2D eigenvalue weighted by Crippen LogP contribution is -2.43. The van der Waals surface area contributed by atoms with Crippen molar-refractivity contribution in [1.29, 1.82) is 0 Å². The maximum Gasteiger partial charge on any atom is 0.241 e. The summed E-state index contributed by atoms with van der Waals surface area (Å²) in [6.45, 7) is 0.991. The number of nitrogens with one attached hydrogen (secondary N) is 2. The highest BCUT2D eigenvalue weighted by Crippen LogP contribution is 2.15. The van der Waals surface area contributed by atoms with Gasteiger partial charge in [-0.2, -0.15) is 0 Å². The first-order chi connectivity index (χ1) is 13.1. The monoisotopic (exact) mass is 516 g/mol. The van der Waals surface area contributed by atoms with Crippen LogP contribution in [0.5, 0.6) is 0 Å². The number of guanidine groups is 1. The minimum absolute atomic E-state index is 0. The zero-order valence-corrected chi connectivity index (χ0v) is 19.2. The number of benzene rings is 2. The predicted octanol–water partition coefficient (Wildman–Crippen LogP) is 3.36. The van der Waals surface area contributed by atoms with Crippen LogP contribution in [0.25, 0.3) is 0 Å². The van der Waals surface area contributed by atoms with Crippen LogP contribution >= 0.6 is 35.7 Å². The van der Waals surface area contributed by atoms with Gasteiger partial charge in [0.1, 0.15) is 5.82 Å². The zero-order chi connectivity index (χ0) is 19.5. The van der Waals surface area contributed by atoms with Crippen LogP contribution in [0, 0.1) is 5.82 Å². The summed E-state index contributed by atoms with van der Waals surface area (Å²) in [5, 5.41) is 6.20. The van der Waals surface area contributed by atoms with Gasteiger partial charge in [-0.25, -0.2) is 9.38 Å². The summed E-state index contributed by atoms with van der Waals surface area (Å²) >= 11 is 1.73. The van der Waals surface area contributed by atoms with Crippen molar-refractivity contribution in [2.45, 2.75) is 11.4 Å². The Morgan fingerprint density at radius 2 is 1.75 bits per heavy atom. The summed E-state index contributed by atoms with van der Waals surface area (Å²) < 4.78 is 13.8. The highest BCUT2D eigenvalue weighted by atomic mass is 127. The molecule has 8 heteroatoms. The number of carbonyl (C=O) groups is 1. The van der Waals surface area contributed by atoms with Crippen molar-refractivity contribution in [1.82, 2.24) is 15.5 Å². The Kier molecular flexibility index (Phi) is 11.6. The molecule has 0 unspecified atom stereocenters. The molecular formula is C20H26FIN4OS. The number of thioether (sulfide) groups is 1. The lowest BCUT2D eigenvalue weighted by molar-refractivity contribution is -0.127. The topological polar surface area (TPSA) is 56.7 Å². The van der Waals surface area contributed by atoms with Crippen LogP contribution in [0.1, 0.15) is 5.56 Å². The van der Waals surface area contributed by atoms with Crippen molar-refractivity contribution >= 4 is 47.6 Å². The van der Waals surface area contributed by atoms with Crippen molar-refractivity contribution < 1.29 is 9.18 Å². The number of aliphatic imine (C=N–C) groups is 1. The van der Waals surface area contributed by atoms with E-state index in [9.17, 15) is 9.18 Å². The van der Waals surface area contributed by atoms with E-state index in [1.54, 1.807) is 44.1 Å². The number of hydrogen-bond donors (Lipinski definition) is 2. The van der Waals surface area contributed by atoms with Gasteiger partial charge in [0.2, 0.25) is 5.91 Å². The molecule has 2 aromatic carbocycles. The zero-order valence-electron chi connectivity index (χ0n) is 16.0.